The highest BCUT2D eigenvalue weighted by atomic mass is 19.1. The maximum atomic E-state index is 15.0. The fourth-order valence-corrected chi connectivity index (χ4v) is 4.71. The number of benzene rings is 2. The number of carbonyl (C=O) groups excluding carboxylic acids is 1. The van der Waals surface area contributed by atoms with E-state index in [1.165, 1.54) is 12.3 Å². The molecule has 0 unspecified atom stereocenters. The van der Waals surface area contributed by atoms with Crippen LogP contribution in [0.25, 0.3) is 32.9 Å². The number of likely N-dealkylation sites (N-methyl/N-ethyl adjacent to an activating group) is 1. The number of fused-ring (bicyclic) bond motifs is 2. The van der Waals surface area contributed by atoms with E-state index in [2.05, 4.69) is 9.97 Å². The van der Waals surface area contributed by atoms with Crippen molar-refractivity contribution in [1.29, 1.82) is 0 Å². The third-order valence-corrected chi connectivity index (χ3v) is 6.55. The summed E-state index contributed by atoms with van der Waals surface area (Å²) in [7, 11) is 3.76. The highest BCUT2D eigenvalue weighted by Gasteiger charge is 2.28. The van der Waals surface area contributed by atoms with Gasteiger partial charge in [-0.2, -0.15) is 0 Å². The van der Waals surface area contributed by atoms with Crippen molar-refractivity contribution in [3.8, 4) is 11.1 Å². The molecule has 0 saturated heterocycles. The van der Waals surface area contributed by atoms with Crippen LogP contribution in [0.3, 0.4) is 0 Å². The average Bonchev–Trinajstić information content (AvgIpc) is 3.16. The number of H-pyrrole nitrogens is 1. The predicted octanol–water partition coefficient (Wildman–Crippen LogP) is 4.34. The molecule has 0 aliphatic carbocycles. The van der Waals surface area contributed by atoms with Crippen LogP contribution < -0.4 is 11.3 Å². The number of hydrogen-bond acceptors (Lipinski definition) is 6. The van der Waals surface area contributed by atoms with Gasteiger partial charge < -0.3 is 24.9 Å². The molecule has 9 heteroatoms. The molecule has 0 radical (unpaired) electrons. The fraction of sp³-hybridized carbons (Fsp3) is 0.207. The Balaban J connectivity index is 1.81. The standard InChI is InChI=1S/C29H28FN5O3/c1-17-13-21-24(15-22(17)30)35(16-18-14-25(31)33-23-9-5-4-7-19(18)23)27(29(37)38-12-11-34(2)3)26(21)20-8-6-10-32-28(20)36/h4-10,13-15H,11-12,16H2,1-3H3,(H2,31,33)(H,32,36). The molecule has 194 valence electrons. The molecule has 0 bridgehead atoms. The number of carbonyl (C=O) groups is 1. The number of anilines is 1. The maximum Gasteiger partial charge on any atom is 0.355 e. The summed E-state index contributed by atoms with van der Waals surface area (Å²) in [5.41, 5.74) is 8.97. The van der Waals surface area contributed by atoms with Gasteiger partial charge in [0, 0.05) is 41.2 Å². The van der Waals surface area contributed by atoms with E-state index in [9.17, 15) is 14.0 Å². The molecule has 0 spiro atoms. The highest BCUT2D eigenvalue weighted by Crippen LogP contribution is 2.36. The number of nitrogens with zero attached hydrogens (tertiary/aromatic N) is 3. The van der Waals surface area contributed by atoms with Gasteiger partial charge in [0.1, 0.15) is 23.9 Å². The van der Waals surface area contributed by atoms with Crippen LogP contribution in [0.15, 0.2) is 65.6 Å². The number of nitrogens with two attached hydrogens (primary N) is 1. The Bertz CT molecular complexity index is 1740. The molecule has 8 nitrogen and oxygen atoms in total. The Hall–Kier alpha value is -4.50. The van der Waals surface area contributed by atoms with E-state index in [0.29, 0.717) is 45.5 Å². The van der Waals surface area contributed by atoms with E-state index >= 15 is 0 Å². The zero-order chi connectivity index (χ0) is 27.0. The zero-order valence-corrected chi connectivity index (χ0v) is 21.4. The molecule has 0 aliphatic rings. The quantitative estimate of drug-likeness (QED) is 0.314. The number of esters is 1. The van der Waals surface area contributed by atoms with E-state index < -0.39 is 11.8 Å². The number of hydrogen-bond donors (Lipinski definition) is 2. The minimum absolute atomic E-state index is 0.149. The normalized spacial score (nSPS) is 11.5. The van der Waals surface area contributed by atoms with Crippen molar-refractivity contribution in [3.05, 3.63) is 93.8 Å². The van der Waals surface area contributed by atoms with Crippen molar-refractivity contribution in [2.45, 2.75) is 13.5 Å². The molecule has 3 heterocycles. The van der Waals surface area contributed by atoms with Crippen molar-refractivity contribution in [2.75, 3.05) is 33.0 Å². The van der Waals surface area contributed by atoms with Crippen LogP contribution in [-0.2, 0) is 11.3 Å². The van der Waals surface area contributed by atoms with Crippen LogP contribution in [0.4, 0.5) is 10.2 Å². The van der Waals surface area contributed by atoms with E-state index in [1.54, 1.807) is 35.8 Å². The average molecular weight is 514 g/mol. The van der Waals surface area contributed by atoms with Gasteiger partial charge in [0.2, 0.25) is 0 Å². The molecule has 2 aromatic carbocycles. The van der Waals surface area contributed by atoms with Crippen molar-refractivity contribution in [3.63, 3.8) is 0 Å². The molecule has 0 atom stereocenters. The number of para-hydroxylation sites is 1. The Labute approximate surface area is 218 Å². The summed E-state index contributed by atoms with van der Waals surface area (Å²) in [4.78, 5) is 35.7. The number of ether oxygens (including phenoxy) is 1. The molecule has 38 heavy (non-hydrogen) atoms. The molecule has 3 aromatic heterocycles. The first-order chi connectivity index (χ1) is 18.2. The van der Waals surface area contributed by atoms with Crippen molar-refractivity contribution in [2.24, 2.45) is 0 Å². The van der Waals surface area contributed by atoms with Crippen LogP contribution in [0.2, 0.25) is 0 Å². The molecular weight excluding hydrogens is 485 g/mol. The Morgan fingerprint density at radius 2 is 1.92 bits per heavy atom. The molecule has 5 aromatic rings. The van der Waals surface area contributed by atoms with Gasteiger partial charge >= 0.3 is 5.97 Å². The minimum atomic E-state index is -0.606. The van der Waals surface area contributed by atoms with Crippen molar-refractivity contribution in [1.82, 2.24) is 19.4 Å². The Kier molecular flexibility index (Phi) is 6.69. The van der Waals surface area contributed by atoms with Gasteiger partial charge in [-0.3, -0.25) is 4.79 Å². The van der Waals surface area contributed by atoms with Gasteiger partial charge in [-0.05, 0) is 68.5 Å². The number of pyridine rings is 2. The van der Waals surface area contributed by atoms with Crippen LogP contribution in [0.5, 0.6) is 0 Å². The zero-order valence-electron chi connectivity index (χ0n) is 21.4. The summed E-state index contributed by atoms with van der Waals surface area (Å²) >= 11 is 0. The summed E-state index contributed by atoms with van der Waals surface area (Å²) in [6.45, 7) is 2.50. The minimum Gasteiger partial charge on any atom is -0.460 e. The van der Waals surface area contributed by atoms with Crippen LogP contribution in [0, 0.1) is 12.7 Å². The molecule has 5 rings (SSSR count). The maximum absolute atomic E-state index is 15.0. The lowest BCUT2D eigenvalue weighted by Crippen LogP contribution is -2.22. The first-order valence-electron chi connectivity index (χ1n) is 12.2. The lowest BCUT2D eigenvalue weighted by Gasteiger charge is -2.15. The molecule has 0 saturated carbocycles. The number of aromatic amines is 1. The van der Waals surface area contributed by atoms with Gasteiger partial charge in [0.25, 0.3) is 5.56 Å². The van der Waals surface area contributed by atoms with E-state index in [0.717, 1.165) is 10.9 Å². The van der Waals surface area contributed by atoms with E-state index in [-0.39, 0.29) is 24.4 Å². The third-order valence-electron chi connectivity index (χ3n) is 6.55. The third kappa shape index (κ3) is 4.64. The lowest BCUT2D eigenvalue weighted by atomic mass is 10.0. The molecule has 0 amide bonds. The van der Waals surface area contributed by atoms with E-state index in [4.69, 9.17) is 10.5 Å². The van der Waals surface area contributed by atoms with Crippen LogP contribution >= 0.6 is 0 Å². The molecular formula is C29H28FN5O3. The van der Waals surface area contributed by atoms with Crippen molar-refractivity contribution >= 4 is 33.6 Å². The fourth-order valence-electron chi connectivity index (χ4n) is 4.71. The number of aryl methyl sites for hydroxylation is 1. The summed E-state index contributed by atoms with van der Waals surface area (Å²) in [6, 6.07) is 15.7. The number of nitrogens with one attached hydrogen (secondary N) is 1. The largest absolute Gasteiger partial charge is 0.460 e. The second-order valence-electron chi connectivity index (χ2n) is 9.50. The second kappa shape index (κ2) is 10.1. The van der Waals surface area contributed by atoms with Gasteiger partial charge in [-0.25, -0.2) is 14.2 Å². The first kappa shape index (κ1) is 25.2. The number of aromatic nitrogens is 3. The summed E-state index contributed by atoms with van der Waals surface area (Å²) in [6.07, 6.45) is 1.52. The number of halogens is 1. The highest BCUT2D eigenvalue weighted by molar-refractivity contribution is 6.09. The van der Waals surface area contributed by atoms with Crippen LogP contribution in [0.1, 0.15) is 21.6 Å². The van der Waals surface area contributed by atoms with E-state index in [1.807, 2.05) is 43.3 Å². The topological polar surface area (TPSA) is 106 Å². The van der Waals surface area contributed by atoms with Crippen molar-refractivity contribution < 1.29 is 13.9 Å². The van der Waals surface area contributed by atoms with Gasteiger partial charge in [-0.15, -0.1) is 0 Å². The number of rotatable bonds is 7. The van der Waals surface area contributed by atoms with Gasteiger partial charge in [0.15, 0.2) is 0 Å². The summed E-state index contributed by atoms with van der Waals surface area (Å²) < 4.78 is 22.4. The molecule has 0 fully saturated rings. The Morgan fingerprint density at radius 1 is 1.13 bits per heavy atom. The smallest absolute Gasteiger partial charge is 0.355 e. The predicted molar refractivity (Wildman–Crippen MR) is 147 cm³/mol. The van der Waals surface area contributed by atoms with Crippen LogP contribution in [-0.4, -0.2) is 52.7 Å². The second-order valence-corrected chi connectivity index (χ2v) is 9.50. The lowest BCUT2D eigenvalue weighted by molar-refractivity contribution is 0.0471. The summed E-state index contributed by atoms with van der Waals surface area (Å²) in [5.74, 6) is -0.700. The SMILES string of the molecule is Cc1cc2c(-c3ccc[nH]c3=O)c(C(=O)OCCN(C)C)n(Cc3cc(N)nc4ccccc34)c2cc1F. The Morgan fingerprint density at radius 3 is 2.68 bits per heavy atom. The monoisotopic (exact) mass is 513 g/mol. The first-order valence-corrected chi connectivity index (χ1v) is 12.2. The van der Waals surface area contributed by atoms with Gasteiger partial charge in [0.05, 0.1) is 11.0 Å². The van der Waals surface area contributed by atoms with Gasteiger partial charge in [-0.1, -0.05) is 18.2 Å². The summed E-state index contributed by atoms with van der Waals surface area (Å²) in [5, 5.41) is 1.42. The number of nitrogen functional groups attached to an aromatic ring is 1. The molecule has 3 N–H and O–H groups in total. The molecule has 0 aliphatic heterocycles.